The van der Waals surface area contributed by atoms with E-state index in [-0.39, 0.29) is 52.7 Å². The fourth-order valence-corrected chi connectivity index (χ4v) is 0.986. The molecule has 7 nitrogen and oxygen atoms in total. The molecule has 0 atom stereocenters. The molecular weight excluding hydrogens is 218 g/mol. The van der Waals surface area contributed by atoms with Crippen LogP contribution in [0.3, 0.4) is 0 Å². The Balaban J connectivity index is 3.59. The van der Waals surface area contributed by atoms with E-state index in [1.165, 1.54) is 0 Å². The molecule has 0 aliphatic rings. The summed E-state index contributed by atoms with van der Waals surface area (Å²) in [6, 6.07) is 0. The van der Waals surface area contributed by atoms with Crippen molar-refractivity contribution in [3.05, 3.63) is 0 Å². The largest absolute Gasteiger partial charge is 0.465 e. The highest BCUT2D eigenvalue weighted by atomic mass is 16.5. The predicted octanol–water partition coefficient (Wildman–Crippen LogP) is -1.02. The van der Waals surface area contributed by atoms with Gasteiger partial charge in [-0.15, -0.1) is 0 Å². The molecule has 0 aromatic heterocycles. The van der Waals surface area contributed by atoms with Gasteiger partial charge in [-0.05, 0) is 0 Å². The maximum atomic E-state index is 10.7. The number of hydrogen-bond donors (Lipinski definition) is 3. The molecule has 0 unspecified atom stereocenters. The minimum absolute atomic E-state index is 0.0767. The van der Waals surface area contributed by atoms with Crippen molar-refractivity contribution < 1.29 is 29.6 Å². The van der Waals surface area contributed by atoms with Crippen molar-refractivity contribution >= 4 is 6.09 Å². The molecule has 0 aromatic rings. The normalized spacial score (nSPS) is 10.4. The van der Waals surface area contributed by atoms with Crippen LogP contribution in [-0.2, 0) is 9.47 Å². The fourth-order valence-electron chi connectivity index (χ4n) is 0.986. The first-order chi connectivity index (χ1) is 7.72. The van der Waals surface area contributed by atoms with Crippen molar-refractivity contribution in [1.82, 2.24) is 4.90 Å². The minimum Gasteiger partial charge on any atom is -0.465 e. The van der Waals surface area contributed by atoms with Gasteiger partial charge in [0.25, 0.3) is 0 Å². The van der Waals surface area contributed by atoms with Gasteiger partial charge < -0.3 is 29.7 Å². The SMILES string of the molecule is O=C(O)N(CCOCCO)CCOCCO. The van der Waals surface area contributed by atoms with Gasteiger partial charge in [0.1, 0.15) is 0 Å². The Labute approximate surface area is 94.2 Å². The summed E-state index contributed by atoms with van der Waals surface area (Å²) in [7, 11) is 0. The standard InChI is InChI=1S/C9H19NO6/c11-3-7-15-5-1-10(9(13)14)2-6-16-8-4-12/h11-12H,1-8H2,(H,13,14). The lowest BCUT2D eigenvalue weighted by Gasteiger charge is -2.18. The average Bonchev–Trinajstić information content (AvgIpc) is 2.26. The zero-order valence-electron chi connectivity index (χ0n) is 9.17. The summed E-state index contributed by atoms with van der Waals surface area (Å²) < 4.78 is 9.91. The molecule has 0 bridgehead atoms. The molecule has 0 saturated heterocycles. The molecule has 0 saturated carbocycles. The molecule has 0 heterocycles. The third kappa shape index (κ3) is 8.42. The maximum absolute atomic E-state index is 10.7. The van der Waals surface area contributed by atoms with Crippen LogP contribution in [0.1, 0.15) is 0 Å². The Kier molecular flexibility index (Phi) is 10.0. The molecule has 0 aliphatic heterocycles. The highest BCUT2D eigenvalue weighted by Gasteiger charge is 2.10. The van der Waals surface area contributed by atoms with E-state index < -0.39 is 6.09 Å². The van der Waals surface area contributed by atoms with Crippen LogP contribution < -0.4 is 0 Å². The van der Waals surface area contributed by atoms with E-state index in [2.05, 4.69) is 0 Å². The molecule has 7 heteroatoms. The summed E-state index contributed by atoms with van der Waals surface area (Å²) >= 11 is 0. The zero-order valence-corrected chi connectivity index (χ0v) is 9.17. The zero-order chi connectivity index (χ0) is 12.2. The number of amides is 1. The van der Waals surface area contributed by atoms with Gasteiger partial charge in [-0.1, -0.05) is 0 Å². The molecule has 1 amide bonds. The van der Waals surface area contributed by atoms with Crippen LogP contribution in [-0.4, -0.2) is 79.0 Å². The number of hydrogen-bond acceptors (Lipinski definition) is 5. The third-order valence-corrected chi connectivity index (χ3v) is 1.75. The van der Waals surface area contributed by atoms with E-state index in [0.29, 0.717) is 0 Å². The van der Waals surface area contributed by atoms with Gasteiger partial charge in [-0.2, -0.15) is 0 Å². The Morgan fingerprint density at radius 3 is 1.69 bits per heavy atom. The Bertz CT molecular complexity index is 165. The Morgan fingerprint density at radius 2 is 1.38 bits per heavy atom. The highest BCUT2D eigenvalue weighted by molar-refractivity contribution is 5.64. The van der Waals surface area contributed by atoms with Crippen LogP contribution in [0, 0.1) is 0 Å². The highest BCUT2D eigenvalue weighted by Crippen LogP contribution is 1.91. The Morgan fingerprint density at radius 1 is 0.938 bits per heavy atom. The second kappa shape index (κ2) is 10.6. The van der Waals surface area contributed by atoms with Gasteiger partial charge in [0.15, 0.2) is 0 Å². The van der Waals surface area contributed by atoms with Crippen LogP contribution in [0.15, 0.2) is 0 Å². The van der Waals surface area contributed by atoms with Gasteiger partial charge in [0.05, 0.1) is 39.6 Å². The van der Waals surface area contributed by atoms with Gasteiger partial charge in [0.2, 0.25) is 0 Å². The van der Waals surface area contributed by atoms with Gasteiger partial charge in [0, 0.05) is 13.1 Å². The van der Waals surface area contributed by atoms with Gasteiger partial charge >= 0.3 is 6.09 Å². The van der Waals surface area contributed by atoms with Crippen molar-refractivity contribution in [3.63, 3.8) is 0 Å². The van der Waals surface area contributed by atoms with E-state index in [1.54, 1.807) is 0 Å². The summed E-state index contributed by atoms with van der Waals surface area (Å²) in [6.07, 6.45) is -1.04. The lowest BCUT2D eigenvalue weighted by atomic mass is 10.5. The molecular formula is C9H19NO6. The molecule has 0 aliphatic carbocycles. The van der Waals surface area contributed by atoms with Gasteiger partial charge in [-0.3, -0.25) is 0 Å². The average molecular weight is 237 g/mol. The van der Waals surface area contributed by atoms with Crippen molar-refractivity contribution in [2.75, 3.05) is 52.7 Å². The van der Waals surface area contributed by atoms with E-state index in [1.807, 2.05) is 0 Å². The maximum Gasteiger partial charge on any atom is 0.407 e. The first kappa shape index (κ1) is 15.1. The monoisotopic (exact) mass is 237 g/mol. The number of nitrogens with zero attached hydrogens (tertiary/aromatic N) is 1. The molecule has 0 spiro atoms. The molecule has 16 heavy (non-hydrogen) atoms. The molecule has 0 fully saturated rings. The second-order valence-electron chi connectivity index (χ2n) is 2.94. The lowest BCUT2D eigenvalue weighted by Crippen LogP contribution is -2.35. The summed E-state index contributed by atoms with van der Waals surface area (Å²) in [4.78, 5) is 11.9. The van der Waals surface area contributed by atoms with Gasteiger partial charge in [-0.25, -0.2) is 4.79 Å². The molecule has 3 N–H and O–H groups in total. The fraction of sp³-hybridized carbons (Fsp3) is 0.889. The van der Waals surface area contributed by atoms with Crippen molar-refractivity contribution in [3.8, 4) is 0 Å². The van der Waals surface area contributed by atoms with Crippen LogP contribution in [0.25, 0.3) is 0 Å². The van der Waals surface area contributed by atoms with E-state index in [0.717, 1.165) is 4.90 Å². The second-order valence-corrected chi connectivity index (χ2v) is 2.94. The number of carbonyl (C=O) groups is 1. The smallest absolute Gasteiger partial charge is 0.407 e. The topological polar surface area (TPSA) is 99.5 Å². The van der Waals surface area contributed by atoms with Crippen LogP contribution in [0.2, 0.25) is 0 Å². The predicted molar refractivity (Wildman–Crippen MR) is 55.4 cm³/mol. The number of rotatable bonds is 10. The molecule has 96 valence electrons. The summed E-state index contributed by atoms with van der Waals surface area (Å²) in [5.41, 5.74) is 0. The Hall–Kier alpha value is -0.890. The lowest BCUT2D eigenvalue weighted by molar-refractivity contribution is 0.0504. The number of ether oxygens (including phenoxy) is 2. The molecule has 0 radical (unpaired) electrons. The van der Waals surface area contributed by atoms with Crippen molar-refractivity contribution in [2.24, 2.45) is 0 Å². The van der Waals surface area contributed by atoms with Crippen molar-refractivity contribution in [2.45, 2.75) is 0 Å². The number of aliphatic hydroxyl groups excluding tert-OH is 2. The summed E-state index contributed by atoms with van der Waals surface area (Å²) in [5, 5.41) is 25.7. The van der Waals surface area contributed by atoms with E-state index in [9.17, 15) is 4.79 Å². The minimum atomic E-state index is -1.04. The van der Waals surface area contributed by atoms with Crippen LogP contribution in [0.5, 0.6) is 0 Å². The van der Waals surface area contributed by atoms with E-state index in [4.69, 9.17) is 24.8 Å². The van der Waals surface area contributed by atoms with E-state index >= 15 is 0 Å². The third-order valence-electron chi connectivity index (χ3n) is 1.75. The molecule has 0 aromatic carbocycles. The summed E-state index contributed by atoms with van der Waals surface area (Å²) in [5.74, 6) is 0. The quantitative estimate of drug-likeness (QED) is 0.421. The van der Waals surface area contributed by atoms with Crippen LogP contribution in [0.4, 0.5) is 4.79 Å². The number of carboxylic acid groups (broad SMARTS) is 1. The van der Waals surface area contributed by atoms with Crippen molar-refractivity contribution in [1.29, 1.82) is 0 Å². The number of aliphatic hydroxyl groups is 2. The molecule has 0 rings (SSSR count). The first-order valence-corrected chi connectivity index (χ1v) is 5.07. The summed E-state index contributed by atoms with van der Waals surface area (Å²) in [6.45, 7) is 1.21. The first-order valence-electron chi connectivity index (χ1n) is 5.07. The van der Waals surface area contributed by atoms with Crippen LogP contribution >= 0.6 is 0 Å².